The Morgan fingerprint density at radius 1 is 0.889 bits per heavy atom. The van der Waals surface area contributed by atoms with E-state index in [-0.39, 0.29) is 11.5 Å². The van der Waals surface area contributed by atoms with E-state index in [9.17, 15) is 9.59 Å². The lowest BCUT2D eigenvalue weighted by Crippen LogP contribution is -2.14. The van der Waals surface area contributed by atoms with Gasteiger partial charge >= 0.3 is 5.97 Å². The second kappa shape index (κ2) is 10.8. The fourth-order valence-corrected chi connectivity index (χ4v) is 3.73. The van der Waals surface area contributed by atoms with Gasteiger partial charge in [0.2, 0.25) is 11.2 Å². The number of methoxy groups -OCH3 is 3. The van der Waals surface area contributed by atoms with Gasteiger partial charge in [0.1, 0.15) is 11.3 Å². The molecule has 36 heavy (non-hydrogen) atoms. The third kappa shape index (κ3) is 5.10. The minimum absolute atomic E-state index is 0.160. The molecule has 3 aromatic carbocycles. The van der Waals surface area contributed by atoms with Gasteiger partial charge in [0.05, 0.1) is 26.7 Å². The summed E-state index contributed by atoms with van der Waals surface area (Å²) in [5, 5.41) is 0.346. The summed E-state index contributed by atoms with van der Waals surface area (Å²) in [5.41, 5.74) is 2.21. The second-order valence-electron chi connectivity index (χ2n) is 7.87. The molecule has 0 saturated carbocycles. The highest BCUT2D eigenvalue weighted by atomic mass is 16.5. The number of carbonyl (C=O) groups excluding carboxylic acids is 1. The Morgan fingerprint density at radius 3 is 2.31 bits per heavy atom. The highest BCUT2D eigenvalue weighted by Crippen LogP contribution is 2.33. The van der Waals surface area contributed by atoms with Crippen LogP contribution in [0, 0.1) is 0 Å². The number of benzene rings is 3. The largest absolute Gasteiger partial charge is 0.497 e. The zero-order valence-electron chi connectivity index (χ0n) is 20.5. The molecule has 0 fully saturated rings. The Labute approximate surface area is 208 Å². The molecule has 0 aliphatic carbocycles. The van der Waals surface area contributed by atoms with E-state index in [0.29, 0.717) is 39.3 Å². The van der Waals surface area contributed by atoms with E-state index in [4.69, 9.17) is 23.4 Å². The zero-order chi connectivity index (χ0) is 25.7. The van der Waals surface area contributed by atoms with Crippen LogP contribution in [0.4, 0.5) is 0 Å². The standard InChI is InChI=1S/C29H26O7/c1-5-18-6-13-23-22(16-18)27(31)29(28(35-23)20-9-11-21(32-2)12-10-20)36-26(30)15-8-19-7-14-24(33-3)25(17-19)34-4/h6-17H,5H2,1-4H3/b15-8+. The first-order valence-corrected chi connectivity index (χ1v) is 11.3. The average Bonchev–Trinajstić information content (AvgIpc) is 2.92. The molecule has 0 bridgehead atoms. The van der Waals surface area contributed by atoms with Gasteiger partial charge in [-0.25, -0.2) is 4.79 Å². The van der Waals surface area contributed by atoms with Crippen molar-refractivity contribution in [1.82, 2.24) is 0 Å². The Balaban J connectivity index is 1.74. The Hall–Kier alpha value is -4.52. The number of ether oxygens (including phenoxy) is 4. The number of fused-ring (bicyclic) bond motifs is 1. The maximum absolute atomic E-state index is 13.5. The number of carbonyl (C=O) groups is 1. The Bertz CT molecular complexity index is 1480. The van der Waals surface area contributed by atoms with Crippen LogP contribution in [-0.4, -0.2) is 27.3 Å². The summed E-state index contributed by atoms with van der Waals surface area (Å²) in [4.78, 5) is 26.3. The molecule has 0 aliphatic rings. The van der Waals surface area contributed by atoms with E-state index in [1.807, 2.05) is 13.0 Å². The minimum atomic E-state index is -0.724. The van der Waals surface area contributed by atoms with E-state index in [1.54, 1.807) is 74.9 Å². The van der Waals surface area contributed by atoms with Crippen LogP contribution in [0.25, 0.3) is 28.4 Å². The third-order valence-corrected chi connectivity index (χ3v) is 5.70. The average molecular weight is 487 g/mol. The number of aryl methyl sites for hydroxylation is 1. The molecule has 0 saturated heterocycles. The summed E-state index contributed by atoms with van der Waals surface area (Å²) in [6, 6.07) is 17.6. The molecule has 1 heterocycles. The Kier molecular flexibility index (Phi) is 7.39. The minimum Gasteiger partial charge on any atom is -0.497 e. The zero-order valence-corrected chi connectivity index (χ0v) is 20.5. The number of hydrogen-bond acceptors (Lipinski definition) is 7. The number of hydrogen-bond donors (Lipinski definition) is 0. The highest BCUT2D eigenvalue weighted by molar-refractivity contribution is 5.91. The van der Waals surface area contributed by atoms with Crippen LogP contribution < -0.4 is 24.4 Å². The molecule has 0 atom stereocenters. The van der Waals surface area contributed by atoms with Crippen LogP contribution in [-0.2, 0) is 11.2 Å². The lowest BCUT2D eigenvalue weighted by molar-refractivity contribution is -0.129. The van der Waals surface area contributed by atoms with Gasteiger partial charge < -0.3 is 23.4 Å². The van der Waals surface area contributed by atoms with Gasteiger partial charge in [0.25, 0.3) is 0 Å². The predicted octanol–water partition coefficient (Wildman–Crippen LogP) is 5.67. The van der Waals surface area contributed by atoms with Crippen LogP contribution in [0.2, 0.25) is 0 Å². The molecule has 7 nitrogen and oxygen atoms in total. The van der Waals surface area contributed by atoms with Gasteiger partial charge in [-0.2, -0.15) is 0 Å². The van der Waals surface area contributed by atoms with Gasteiger partial charge in [-0.15, -0.1) is 0 Å². The SMILES string of the molecule is CCc1ccc2oc(-c3ccc(OC)cc3)c(OC(=O)/C=C/c3ccc(OC)c(OC)c3)c(=O)c2c1. The van der Waals surface area contributed by atoms with E-state index in [0.717, 1.165) is 12.0 Å². The molecule has 0 unspecified atom stereocenters. The van der Waals surface area contributed by atoms with Crippen molar-refractivity contribution >= 4 is 23.0 Å². The second-order valence-corrected chi connectivity index (χ2v) is 7.87. The van der Waals surface area contributed by atoms with Crippen LogP contribution in [0.3, 0.4) is 0 Å². The summed E-state index contributed by atoms with van der Waals surface area (Å²) in [6.07, 6.45) is 3.55. The van der Waals surface area contributed by atoms with Crippen molar-refractivity contribution in [3.05, 3.63) is 88.1 Å². The third-order valence-electron chi connectivity index (χ3n) is 5.70. The van der Waals surface area contributed by atoms with Crippen LogP contribution in [0.1, 0.15) is 18.1 Å². The lowest BCUT2D eigenvalue weighted by atomic mass is 10.1. The van der Waals surface area contributed by atoms with E-state index in [1.165, 1.54) is 13.2 Å². The van der Waals surface area contributed by atoms with Crippen LogP contribution in [0.5, 0.6) is 23.0 Å². The van der Waals surface area contributed by atoms with E-state index < -0.39 is 11.4 Å². The molecule has 184 valence electrons. The maximum atomic E-state index is 13.5. The van der Waals surface area contributed by atoms with E-state index >= 15 is 0 Å². The van der Waals surface area contributed by atoms with Crippen LogP contribution in [0.15, 0.2) is 76.0 Å². The first-order valence-electron chi connectivity index (χ1n) is 11.3. The molecule has 4 rings (SSSR count). The van der Waals surface area contributed by atoms with Crippen molar-refractivity contribution in [1.29, 1.82) is 0 Å². The van der Waals surface area contributed by atoms with Gasteiger partial charge in [0.15, 0.2) is 17.3 Å². The first kappa shape index (κ1) is 24.6. The predicted molar refractivity (Wildman–Crippen MR) is 138 cm³/mol. The fraction of sp³-hybridized carbons (Fsp3) is 0.172. The quantitative estimate of drug-likeness (QED) is 0.234. The normalized spacial score (nSPS) is 11.0. The number of rotatable bonds is 8. The topological polar surface area (TPSA) is 84.2 Å². The molecule has 0 aliphatic heterocycles. The van der Waals surface area contributed by atoms with Crippen molar-refractivity contribution in [2.24, 2.45) is 0 Å². The van der Waals surface area contributed by atoms with Gasteiger partial charge in [0, 0.05) is 11.6 Å². The summed E-state index contributed by atoms with van der Waals surface area (Å²) >= 11 is 0. The molecule has 4 aromatic rings. The molecule has 7 heteroatoms. The van der Waals surface area contributed by atoms with Crippen molar-refractivity contribution in [2.45, 2.75) is 13.3 Å². The fourth-order valence-electron chi connectivity index (χ4n) is 3.73. The molecular formula is C29H26O7. The first-order chi connectivity index (χ1) is 17.5. The van der Waals surface area contributed by atoms with Crippen molar-refractivity contribution in [3.63, 3.8) is 0 Å². The molecular weight excluding hydrogens is 460 g/mol. The summed E-state index contributed by atoms with van der Waals surface area (Å²) in [5.74, 6) is 0.997. The molecule has 0 spiro atoms. The smallest absolute Gasteiger partial charge is 0.336 e. The highest BCUT2D eigenvalue weighted by Gasteiger charge is 2.20. The molecule has 0 N–H and O–H groups in total. The van der Waals surface area contributed by atoms with Gasteiger partial charge in [-0.05, 0) is 72.2 Å². The Morgan fingerprint density at radius 2 is 1.64 bits per heavy atom. The van der Waals surface area contributed by atoms with Crippen molar-refractivity contribution < 1.29 is 28.2 Å². The number of esters is 1. The van der Waals surface area contributed by atoms with Gasteiger partial charge in [-0.3, -0.25) is 4.79 Å². The summed E-state index contributed by atoms with van der Waals surface area (Å²) < 4.78 is 27.4. The molecule has 1 aromatic heterocycles. The summed E-state index contributed by atoms with van der Waals surface area (Å²) in [6.45, 7) is 1.99. The van der Waals surface area contributed by atoms with Crippen molar-refractivity contribution in [2.75, 3.05) is 21.3 Å². The molecule has 0 radical (unpaired) electrons. The molecule has 0 amide bonds. The van der Waals surface area contributed by atoms with Crippen LogP contribution >= 0.6 is 0 Å². The monoisotopic (exact) mass is 486 g/mol. The lowest BCUT2D eigenvalue weighted by Gasteiger charge is -2.11. The summed E-state index contributed by atoms with van der Waals surface area (Å²) in [7, 11) is 4.64. The van der Waals surface area contributed by atoms with Gasteiger partial charge in [-0.1, -0.05) is 19.1 Å². The maximum Gasteiger partial charge on any atom is 0.336 e. The van der Waals surface area contributed by atoms with Crippen molar-refractivity contribution in [3.8, 4) is 34.3 Å². The van der Waals surface area contributed by atoms with E-state index in [2.05, 4.69) is 0 Å².